The van der Waals surface area contributed by atoms with Gasteiger partial charge in [-0.1, -0.05) is 58.0 Å². The number of benzene rings is 1. The Hall–Kier alpha value is -5.28. The molecule has 0 spiro atoms. The van der Waals surface area contributed by atoms with Crippen LogP contribution in [0.2, 0.25) is 0 Å². The van der Waals surface area contributed by atoms with E-state index in [0.717, 1.165) is 4.90 Å². The molecule has 272 valence electrons. The monoisotopic (exact) mass is 707 g/mol. The lowest BCUT2D eigenvalue weighted by atomic mass is 9.94. The van der Waals surface area contributed by atoms with E-state index in [1.165, 1.54) is 23.5 Å². The van der Waals surface area contributed by atoms with E-state index >= 15 is 4.39 Å². The molecule has 1 aliphatic carbocycles. The highest BCUT2D eigenvalue weighted by Crippen LogP contribution is 2.51. The average molecular weight is 708 g/mol. The zero-order valence-electron chi connectivity index (χ0n) is 28.7. The number of carbonyl (C=O) groups excluding carboxylic acids is 6. The van der Waals surface area contributed by atoms with Crippen LogP contribution in [0.3, 0.4) is 0 Å². The van der Waals surface area contributed by atoms with E-state index in [4.69, 9.17) is 0 Å². The Bertz CT molecular complexity index is 1680. The number of nitrogens with one attached hydrogen (secondary N) is 3. The van der Waals surface area contributed by atoms with Crippen LogP contribution in [0.5, 0.6) is 0 Å². The Morgan fingerprint density at radius 3 is 2.25 bits per heavy atom. The summed E-state index contributed by atoms with van der Waals surface area (Å²) >= 11 is 0. The number of ketones is 1. The minimum Gasteiger partial charge on any atom is -0.480 e. The first kappa shape index (κ1) is 37.0. The molecular weight excluding hydrogens is 665 g/mol. The molecule has 0 radical (unpaired) electrons. The molecule has 2 aliphatic heterocycles. The van der Waals surface area contributed by atoms with Crippen molar-refractivity contribution >= 4 is 41.3 Å². The first-order valence-electron chi connectivity index (χ1n) is 16.9. The number of likely N-dealkylation sites (tertiary alicyclic amines) is 2. The van der Waals surface area contributed by atoms with E-state index in [2.05, 4.69) is 25.9 Å². The van der Waals surface area contributed by atoms with Crippen LogP contribution in [0.25, 0.3) is 0 Å². The van der Waals surface area contributed by atoms with Crippen molar-refractivity contribution in [1.29, 1.82) is 0 Å². The second-order valence-electron chi connectivity index (χ2n) is 14.0. The topological polar surface area (TPSA) is 208 Å². The van der Waals surface area contributed by atoms with Gasteiger partial charge in [0, 0.05) is 43.2 Å². The molecule has 5 rings (SSSR count). The second kappa shape index (κ2) is 15.3. The second-order valence-corrected chi connectivity index (χ2v) is 14.0. The SMILES string of the molecule is CC(C)C(NC(=O)c1cnccn1)C(=O)N[C@H](C(=O)N1C[C@H]2[C@@H]3C(C[C@@H]2F)N(CC(=O)C(=O)N[C@@H](Cc2ccccc2)C(=O)O)C(=O)[C@H]31)C(C)C. The van der Waals surface area contributed by atoms with E-state index in [-0.39, 0.29) is 25.1 Å². The van der Waals surface area contributed by atoms with Gasteiger partial charge in [0.25, 0.3) is 11.8 Å². The van der Waals surface area contributed by atoms with Gasteiger partial charge >= 0.3 is 5.97 Å². The number of nitrogens with zero attached hydrogens (tertiary/aromatic N) is 4. The molecule has 2 saturated heterocycles. The van der Waals surface area contributed by atoms with Gasteiger partial charge in [-0.2, -0.15) is 0 Å². The van der Waals surface area contributed by atoms with Crippen LogP contribution in [0.1, 0.15) is 50.2 Å². The molecule has 1 aromatic carbocycles. The summed E-state index contributed by atoms with van der Waals surface area (Å²) in [6, 6.07) is 3.04. The first-order chi connectivity index (χ1) is 24.2. The molecule has 3 heterocycles. The molecule has 2 aromatic rings. The van der Waals surface area contributed by atoms with Crippen molar-refractivity contribution in [3.8, 4) is 0 Å². The van der Waals surface area contributed by atoms with E-state index in [0.29, 0.717) is 5.56 Å². The molecule has 51 heavy (non-hydrogen) atoms. The molecule has 8 atom stereocenters. The van der Waals surface area contributed by atoms with Gasteiger partial charge in [-0.25, -0.2) is 14.2 Å². The molecule has 1 saturated carbocycles. The summed E-state index contributed by atoms with van der Waals surface area (Å²) in [5.74, 6) is -8.35. The fourth-order valence-corrected chi connectivity index (χ4v) is 7.32. The lowest BCUT2D eigenvalue weighted by Gasteiger charge is -2.32. The molecule has 1 aromatic heterocycles. The minimum atomic E-state index is -1.41. The lowest BCUT2D eigenvalue weighted by Crippen LogP contribution is -2.59. The van der Waals surface area contributed by atoms with Crippen molar-refractivity contribution < 1.29 is 43.1 Å². The molecule has 16 heteroatoms. The largest absolute Gasteiger partial charge is 0.480 e. The Balaban J connectivity index is 1.28. The van der Waals surface area contributed by atoms with Crippen LogP contribution in [-0.4, -0.2) is 116 Å². The summed E-state index contributed by atoms with van der Waals surface area (Å²) in [5, 5.41) is 17.3. The van der Waals surface area contributed by atoms with Gasteiger partial charge in [0.2, 0.25) is 23.5 Å². The number of hydrogen-bond donors (Lipinski definition) is 4. The summed E-state index contributed by atoms with van der Waals surface area (Å²) in [5.41, 5.74) is 0.624. The van der Waals surface area contributed by atoms with Crippen molar-refractivity contribution in [3.63, 3.8) is 0 Å². The summed E-state index contributed by atoms with van der Waals surface area (Å²) in [6.07, 6.45) is 2.44. The van der Waals surface area contributed by atoms with Gasteiger partial charge in [-0.3, -0.25) is 33.8 Å². The molecule has 0 bridgehead atoms. The quantitative estimate of drug-likeness (QED) is 0.196. The zero-order valence-corrected chi connectivity index (χ0v) is 28.7. The van der Waals surface area contributed by atoms with Crippen LogP contribution in [0, 0.1) is 23.7 Å². The number of carboxylic acids is 1. The van der Waals surface area contributed by atoms with Crippen LogP contribution >= 0.6 is 0 Å². The highest BCUT2D eigenvalue weighted by molar-refractivity contribution is 6.37. The smallest absolute Gasteiger partial charge is 0.326 e. The number of rotatable bonds is 14. The number of aliphatic carboxylic acids is 1. The molecular formula is C35H42FN7O8. The Morgan fingerprint density at radius 1 is 0.961 bits per heavy atom. The number of carbonyl (C=O) groups is 7. The summed E-state index contributed by atoms with van der Waals surface area (Å²) in [7, 11) is 0. The Morgan fingerprint density at radius 2 is 1.65 bits per heavy atom. The van der Waals surface area contributed by atoms with Crippen molar-refractivity contribution in [3.05, 3.63) is 60.2 Å². The standard InChI is InChI=1S/C35H42FN7O8/c1-17(2)27(40-30(45)23-14-37-10-11-38-23)32(47)41-28(18(3)4)33(48)43-15-20-21(36)13-24-26(20)29(43)34(49)42(24)16-25(44)31(46)39-22(35(50)51)12-19-8-6-5-7-9-19/h5-11,14,17-18,20-22,24,26-29H,12-13,15-16H2,1-4H3,(H,39,46)(H,40,45)(H,41,47)(H,50,51)/t20-,21+,22+,24?,26-,27?,28+,29+/m1/s1. The number of Topliss-reactive ketones (excluding diaryl/α,β-unsaturated/α-hetero) is 1. The number of aromatic nitrogens is 2. The minimum absolute atomic E-state index is 0.000485. The number of carboxylic acid groups (broad SMARTS) is 1. The maximum Gasteiger partial charge on any atom is 0.326 e. The third kappa shape index (κ3) is 7.73. The average Bonchev–Trinajstić information content (AvgIpc) is 3.73. The fourth-order valence-electron chi connectivity index (χ4n) is 7.32. The number of halogens is 1. The number of hydrogen-bond acceptors (Lipinski definition) is 9. The van der Waals surface area contributed by atoms with E-state index in [1.807, 2.05) is 0 Å². The van der Waals surface area contributed by atoms with Crippen molar-refractivity contribution in [2.24, 2.45) is 23.7 Å². The predicted molar refractivity (Wildman–Crippen MR) is 177 cm³/mol. The molecule has 5 amide bonds. The van der Waals surface area contributed by atoms with Crippen molar-refractivity contribution in [1.82, 2.24) is 35.7 Å². The third-order valence-corrected chi connectivity index (χ3v) is 9.91. The van der Waals surface area contributed by atoms with Gasteiger partial charge in [0.15, 0.2) is 0 Å². The predicted octanol–water partition coefficient (Wildman–Crippen LogP) is 0.149. The Kier molecular flexibility index (Phi) is 11.1. The fraction of sp³-hybridized carbons (Fsp3) is 0.514. The van der Waals surface area contributed by atoms with Crippen LogP contribution in [-0.2, 0) is 35.2 Å². The first-order valence-corrected chi connectivity index (χ1v) is 16.9. The molecule has 3 aliphatic rings. The van der Waals surface area contributed by atoms with Crippen molar-refractivity contribution in [2.75, 3.05) is 13.1 Å². The van der Waals surface area contributed by atoms with E-state index < -0.39 is 108 Å². The van der Waals surface area contributed by atoms with Gasteiger partial charge in [-0.15, -0.1) is 0 Å². The van der Waals surface area contributed by atoms with E-state index in [9.17, 15) is 38.7 Å². The van der Waals surface area contributed by atoms with Gasteiger partial charge in [0.1, 0.15) is 36.0 Å². The number of alkyl halides is 1. The maximum atomic E-state index is 15.4. The third-order valence-electron chi connectivity index (χ3n) is 9.91. The van der Waals surface area contributed by atoms with Crippen molar-refractivity contribution in [2.45, 2.75) is 76.9 Å². The lowest BCUT2D eigenvalue weighted by molar-refractivity contribution is -0.147. The summed E-state index contributed by atoms with van der Waals surface area (Å²) in [6.45, 7) is 6.05. The van der Waals surface area contributed by atoms with Crippen LogP contribution < -0.4 is 16.0 Å². The number of amides is 5. The molecule has 2 unspecified atom stereocenters. The maximum absolute atomic E-state index is 15.4. The van der Waals surface area contributed by atoms with Gasteiger partial charge < -0.3 is 30.9 Å². The zero-order chi connectivity index (χ0) is 37.1. The normalized spacial score (nSPS) is 23.8. The highest BCUT2D eigenvalue weighted by Gasteiger charge is 2.65. The summed E-state index contributed by atoms with van der Waals surface area (Å²) < 4.78 is 15.4. The molecule has 4 N–H and O–H groups in total. The summed E-state index contributed by atoms with van der Waals surface area (Å²) in [4.78, 5) is 102. The van der Waals surface area contributed by atoms with Gasteiger partial charge in [-0.05, 0) is 23.8 Å². The van der Waals surface area contributed by atoms with Crippen LogP contribution in [0.4, 0.5) is 4.39 Å². The van der Waals surface area contributed by atoms with Gasteiger partial charge in [0.05, 0.1) is 12.7 Å². The molecule has 3 fully saturated rings. The van der Waals surface area contributed by atoms with E-state index in [1.54, 1.807) is 58.0 Å². The highest BCUT2D eigenvalue weighted by atomic mass is 19.1. The van der Waals surface area contributed by atoms with Crippen LogP contribution in [0.15, 0.2) is 48.9 Å². The molecule has 15 nitrogen and oxygen atoms in total. The Labute approximate surface area is 293 Å².